The molecule has 0 heterocycles. The predicted octanol–water partition coefficient (Wildman–Crippen LogP) is 4.48. The maximum atomic E-state index is 12.8. The zero-order valence-electron chi connectivity index (χ0n) is 16.7. The first-order valence-electron chi connectivity index (χ1n) is 9.66. The summed E-state index contributed by atoms with van der Waals surface area (Å²) >= 11 is 0. The number of benzene rings is 3. The first-order chi connectivity index (χ1) is 14.0. The van der Waals surface area contributed by atoms with Crippen LogP contribution in [0.25, 0.3) is 0 Å². The van der Waals surface area contributed by atoms with Crippen molar-refractivity contribution in [1.29, 1.82) is 0 Å². The molecule has 0 saturated carbocycles. The summed E-state index contributed by atoms with van der Waals surface area (Å²) in [6, 6.07) is 27.0. The summed E-state index contributed by atoms with van der Waals surface area (Å²) in [5.74, 6) is -0.715. The van der Waals surface area contributed by atoms with E-state index in [0.29, 0.717) is 18.5 Å². The Hall–Kier alpha value is -3.40. The summed E-state index contributed by atoms with van der Waals surface area (Å²) in [6.45, 7) is 2.08. The Bertz CT molecular complexity index is 954. The van der Waals surface area contributed by atoms with Crippen molar-refractivity contribution >= 4 is 11.9 Å². The molecule has 0 aliphatic heterocycles. The fourth-order valence-corrected chi connectivity index (χ4v) is 3.21. The Morgan fingerprint density at radius 1 is 0.828 bits per heavy atom. The molecule has 0 saturated heterocycles. The predicted molar refractivity (Wildman–Crippen MR) is 113 cm³/mol. The van der Waals surface area contributed by atoms with Crippen LogP contribution in [0.5, 0.6) is 0 Å². The number of esters is 1. The largest absolute Gasteiger partial charge is 0.449 e. The number of carbonyl (C=O) groups excluding carboxylic acids is 2. The molecule has 0 aromatic heterocycles. The van der Waals surface area contributed by atoms with Gasteiger partial charge in [-0.15, -0.1) is 0 Å². The Morgan fingerprint density at radius 2 is 1.38 bits per heavy atom. The average Bonchev–Trinajstić information content (AvgIpc) is 2.75. The molecule has 148 valence electrons. The highest BCUT2D eigenvalue weighted by Crippen LogP contribution is 2.17. The van der Waals surface area contributed by atoms with Crippen LogP contribution in [0, 0.1) is 0 Å². The van der Waals surface area contributed by atoms with Crippen molar-refractivity contribution in [2.24, 2.45) is 0 Å². The van der Waals surface area contributed by atoms with Gasteiger partial charge in [0.15, 0.2) is 6.10 Å². The minimum absolute atomic E-state index is 0.234. The summed E-state index contributed by atoms with van der Waals surface area (Å²) in [6.07, 6.45) is -0.233. The minimum atomic E-state index is -0.860. The van der Waals surface area contributed by atoms with Crippen LogP contribution in [0.3, 0.4) is 0 Å². The molecule has 0 spiro atoms. The lowest BCUT2D eigenvalue weighted by molar-refractivity contribution is -0.139. The lowest BCUT2D eigenvalue weighted by atomic mass is 10.00. The van der Waals surface area contributed by atoms with E-state index in [1.54, 1.807) is 31.0 Å². The number of ether oxygens (including phenoxy) is 1. The highest BCUT2D eigenvalue weighted by atomic mass is 16.5. The fourth-order valence-electron chi connectivity index (χ4n) is 3.21. The van der Waals surface area contributed by atoms with Crippen LogP contribution in [0.1, 0.15) is 34.0 Å². The van der Waals surface area contributed by atoms with Gasteiger partial charge in [-0.25, -0.2) is 4.79 Å². The van der Waals surface area contributed by atoms with Gasteiger partial charge < -0.3 is 9.64 Å². The molecule has 4 nitrogen and oxygen atoms in total. The van der Waals surface area contributed by atoms with E-state index in [2.05, 4.69) is 0 Å². The second kappa shape index (κ2) is 9.69. The number of likely N-dealkylation sites (N-methyl/N-ethyl adjacent to an activating group) is 1. The van der Waals surface area contributed by atoms with Crippen molar-refractivity contribution in [3.05, 3.63) is 107 Å². The molecule has 0 bridgehead atoms. The molecule has 3 aromatic rings. The number of hydrogen-bond donors (Lipinski definition) is 0. The van der Waals surface area contributed by atoms with Crippen LogP contribution < -0.4 is 0 Å². The van der Waals surface area contributed by atoms with Crippen LogP contribution in [0.2, 0.25) is 0 Å². The second-order valence-corrected chi connectivity index (χ2v) is 7.05. The Kier molecular flexibility index (Phi) is 6.80. The first kappa shape index (κ1) is 20.3. The fraction of sp³-hybridized carbons (Fsp3) is 0.200. The maximum absolute atomic E-state index is 12.8. The molecule has 0 fully saturated rings. The van der Waals surface area contributed by atoms with E-state index in [0.717, 1.165) is 16.7 Å². The van der Waals surface area contributed by atoms with E-state index in [1.807, 2.05) is 72.8 Å². The zero-order chi connectivity index (χ0) is 20.6. The lowest BCUT2D eigenvalue weighted by Gasteiger charge is -2.22. The van der Waals surface area contributed by atoms with Crippen molar-refractivity contribution in [3.8, 4) is 0 Å². The third-order valence-corrected chi connectivity index (χ3v) is 4.75. The SMILES string of the molecule is C[C@H](OC(=O)c1ccccc1Cc1ccccc1)C(=O)N(C)Cc1ccccc1. The van der Waals surface area contributed by atoms with Crippen LogP contribution in [-0.2, 0) is 22.5 Å². The summed E-state index contributed by atoms with van der Waals surface area (Å²) in [5, 5.41) is 0. The van der Waals surface area contributed by atoms with Gasteiger partial charge in [0.05, 0.1) is 5.56 Å². The van der Waals surface area contributed by atoms with Gasteiger partial charge in [-0.1, -0.05) is 78.9 Å². The van der Waals surface area contributed by atoms with E-state index in [9.17, 15) is 9.59 Å². The van der Waals surface area contributed by atoms with Crippen molar-refractivity contribution in [2.75, 3.05) is 7.05 Å². The molecule has 3 rings (SSSR count). The van der Waals surface area contributed by atoms with Crippen LogP contribution in [0.4, 0.5) is 0 Å². The van der Waals surface area contributed by atoms with Crippen LogP contribution >= 0.6 is 0 Å². The smallest absolute Gasteiger partial charge is 0.339 e. The Morgan fingerprint density at radius 3 is 2.03 bits per heavy atom. The number of hydrogen-bond acceptors (Lipinski definition) is 3. The number of rotatable bonds is 7. The molecule has 0 N–H and O–H groups in total. The summed E-state index contributed by atoms with van der Waals surface area (Å²) < 4.78 is 5.51. The molecule has 29 heavy (non-hydrogen) atoms. The summed E-state index contributed by atoms with van der Waals surface area (Å²) in [5.41, 5.74) is 3.50. The topological polar surface area (TPSA) is 46.6 Å². The van der Waals surface area contributed by atoms with Gasteiger partial charge in [0, 0.05) is 13.6 Å². The van der Waals surface area contributed by atoms with Gasteiger partial charge >= 0.3 is 5.97 Å². The second-order valence-electron chi connectivity index (χ2n) is 7.05. The van der Waals surface area contributed by atoms with E-state index in [4.69, 9.17) is 4.74 Å². The summed E-state index contributed by atoms with van der Waals surface area (Å²) in [7, 11) is 1.71. The van der Waals surface area contributed by atoms with E-state index >= 15 is 0 Å². The molecular formula is C25H25NO3. The number of amides is 1. The van der Waals surface area contributed by atoms with Crippen LogP contribution in [-0.4, -0.2) is 29.9 Å². The van der Waals surface area contributed by atoms with Crippen molar-refractivity contribution in [1.82, 2.24) is 4.90 Å². The van der Waals surface area contributed by atoms with Gasteiger partial charge in [-0.05, 0) is 36.1 Å². The third kappa shape index (κ3) is 5.55. The van der Waals surface area contributed by atoms with Gasteiger partial charge in [0.1, 0.15) is 0 Å². The van der Waals surface area contributed by atoms with Gasteiger partial charge in [-0.2, -0.15) is 0 Å². The minimum Gasteiger partial charge on any atom is -0.449 e. The third-order valence-electron chi connectivity index (χ3n) is 4.75. The van der Waals surface area contributed by atoms with Gasteiger partial charge in [0.25, 0.3) is 5.91 Å². The number of nitrogens with zero attached hydrogens (tertiary/aromatic N) is 1. The van der Waals surface area contributed by atoms with Crippen LogP contribution in [0.15, 0.2) is 84.9 Å². The molecule has 0 unspecified atom stereocenters. The molecule has 0 radical (unpaired) electrons. The highest BCUT2D eigenvalue weighted by Gasteiger charge is 2.23. The van der Waals surface area contributed by atoms with Crippen molar-refractivity contribution in [2.45, 2.75) is 26.0 Å². The summed E-state index contributed by atoms with van der Waals surface area (Å²) in [4.78, 5) is 27.0. The quantitative estimate of drug-likeness (QED) is 0.562. The van der Waals surface area contributed by atoms with Crippen molar-refractivity contribution in [3.63, 3.8) is 0 Å². The van der Waals surface area contributed by atoms with Gasteiger partial charge in [0.2, 0.25) is 0 Å². The Labute approximate surface area is 171 Å². The standard InChI is InChI=1S/C25H25NO3/c1-19(24(27)26(2)18-21-13-7-4-8-14-21)29-25(28)23-16-10-9-15-22(23)17-20-11-5-3-6-12-20/h3-16,19H,17-18H2,1-2H3/t19-/m0/s1. The number of carbonyl (C=O) groups is 2. The van der Waals surface area contributed by atoms with E-state index in [1.165, 1.54) is 0 Å². The molecule has 0 aliphatic rings. The first-order valence-corrected chi connectivity index (χ1v) is 9.66. The normalized spacial score (nSPS) is 11.5. The molecule has 0 aliphatic carbocycles. The average molecular weight is 387 g/mol. The maximum Gasteiger partial charge on any atom is 0.339 e. The highest BCUT2D eigenvalue weighted by molar-refractivity contribution is 5.93. The molecule has 3 aromatic carbocycles. The van der Waals surface area contributed by atoms with E-state index in [-0.39, 0.29) is 5.91 Å². The Balaban J connectivity index is 1.66. The van der Waals surface area contributed by atoms with Gasteiger partial charge in [-0.3, -0.25) is 4.79 Å². The monoisotopic (exact) mass is 387 g/mol. The molecule has 4 heteroatoms. The molecular weight excluding hydrogens is 362 g/mol. The lowest BCUT2D eigenvalue weighted by Crippen LogP contribution is -2.37. The zero-order valence-corrected chi connectivity index (χ0v) is 16.7. The van der Waals surface area contributed by atoms with E-state index < -0.39 is 12.1 Å². The molecule has 1 atom stereocenters. The van der Waals surface area contributed by atoms with Crippen molar-refractivity contribution < 1.29 is 14.3 Å². The molecule has 1 amide bonds.